The van der Waals surface area contributed by atoms with Gasteiger partial charge < -0.3 is 10.1 Å². The average Bonchev–Trinajstić information content (AvgIpc) is 2.59. The van der Waals surface area contributed by atoms with Gasteiger partial charge in [-0.25, -0.2) is 13.1 Å². The van der Waals surface area contributed by atoms with Gasteiger partial charge >= 0.3 is 0 Å². The van der Waals surface area contributed by atoms with Crippen molar-refractivity contribution in [3.63, 3.8) is 0 Å². The number of halogens is 1. The third-order valence-corrected chi connectivity index (χ3v) is 5.59. The van der Waals surface area contributed by atoms with Crippen LogP contribution < -0.4 is 14.8 Å². The molecule has 0 bridgehead atoms. The van der Waals surface area contributed by atoms with Crippen LogP contribution in [-0.2, 0) is 27.1 Å². The first-order chi connectivity index (χ1) is 12.7. The molecule has 0 unspecified atom stereocenters. The molecule has 0 aliphatic heterocycles. The molecule has 6 nitrogen and oxygen atoms in total. The van der Waals surface area contributed by atoms with Crippen LogP contribution >= 0.6 is 15.9 Å². The monoisotopic (exact) mass is 454 g/mol. The van der Waals surface area contributed by atoms with Crippen molar-refractivity contribution in [1.29, 1.82) is 0 Å². The molecule has 0 aliphatic carbocycles. The van der Waals surface area contributed by atoms with Gasteiger partial charge in [-0.05, 0) is 49.2 Å². The average molecular weight is 455 g/mol. The number of ether oxygens (including phenoxy) is 1. The number of amides is 1. The van der Waals surface area contributed by atoms with Gasteiger partial charge in [-0.2, -0.15) is 0 Å². The highest BCUT2D eigenvalue weighted by molar-refractivity contribution is 9.10. The van der Waals surface area contributed by atoms with E-state index >= 15 is 0 Å². The van der Waals surface area contributed by atoms with Gasteiger partial charge in [-0.1, -0.05) is 40.2 Å². The maximum absolute atomic E-state index is 12.2. The molecule has 8 heteroatoms. The maximum Gasteiger partial charge on any atom is 0.258 e. The summed E-state index contributed by atoms with van der Waals surface area (Å²) < 4.78 is 33.2. The van der Waals surface area contributed by atoms with Crippen molar-refractivity contribution in [1.82, 2.24) is 10.0 Å². The molecule has 2 aromatic rings. The number of rotatable bonds is 9. The summed E-state index contributed by atoms with van der Waals surface area (Å²) in [7, 11) is -3.44. The smallest absolute Gasteiger partial charge is 0.258 e. The van der Waals surface area contributed by atoms with Crippen LogP contribution in [0.3, 0.4) is 0 Å². The normalized spacial score (nSPS) is 11.4. The van der Waals surface area contributed by atoms with Crippen LogP contribution in [0.1, 0.15) is 25.0 Å². The minimum absolute atomic E-state index is 0.114. The summed E-state index contributed by atoms with van der Waals surface area (Å²) in [5, 5.41) is 2.76. The van der Waals surface area contributed by atoms with Crippen LogP contribution in [0.2, 0.25) is 0 Å². The van der Waals surface area contributed by atoms with Gasteiger partial charge in [0, 0.05) is 17.1 Å². The number of hydrogen-bond acceptors (Lipinski definition) is 4. The maximum atomic E-state index is 12.2. The second kappa shape index (κ2) is 9.87. The zero-order valence-corrected chi connectivity index (χ0v) is 17.6. The molecule has 0 saturated carbocycles. The lowest BCUT2D eigenvalue weighted by atomic mass is 10.1. The third kappa shape index (κ3) is 7.70. The van der Waals surface area contributed by atoms with E-state index in [9.17, 15) is 13.2 Å². The number of nitrogens with one attached hydrogen (secondary N) is 2. The van der Waals surface area contributed by atoms with Crippen molar-refractivity contribution in [3.05, 3.63) is 64.1 Å². The minimum atomic E-state index is -3.44. The highest BCUT2D eigenvalue weighted by Gasteiger charge is 2.15. The van der Waals surface area contributed by atoms with E-state index in [-0.39, 0.29) is 30.9 Å². The number of hydrogen-bond donors (Lipinski definition) is 2. The van der Waals surface area contributed by atoms with Gasteiger partial charge in [0.25, 0.3) is 5.91 Å². The molecule has 2 aromatic carbocycles. The quantitative estimate of drug-likeness (QED) is 0.609. The van der Waals surface area contributed by atoms with E-state index in [0.29, 0.717) is 11.3 Å². The Morgan fingerprint density at radius 3 is 2.33 bits per heavy atom. The zero-order chi connectivity index (χ0) is 19.9. The highest BCUT2D eigenvalue weighted by Crippen LogP contribution is 2.16. The van der Waals surface area contributed by atoms with E-state index in [1.54, 1.807) is 44.2 Å². The number of carbonyl (C=O) groups is 1. The van der Waals surface area contributed by atoms with Crippen LogP contribution in [-0.4, -0.2) is 27.0 Å². The fourth-order valence-electron chi connectivity index (χ4n) is 2.40. The first-order valence-electron chi connectivity index (χ1n) is 8.47. The molecule has 0 heterocycles. The predicted octanol–water partition coefficient (Wildman–Crippen LogP) is 2.97. The molecule has 1 amide bonds. The molecule has 0 saturated heterocycles. The molecule has 2 N–H and O–H groups in total. The summed E-state index contributed by atoms with van der Waals surface area (Å²) in [6, 6.07) is 14.2. The highest BCUT2D eigenvalue weighted by atomic mass is 79.9. The van der Waals surface area contributed by atoms with Gasteiger partial charge in [-0.3, -0.25) is 4.79 Å². The predicted molar refractivity (Wildman–Crippen MR) is 109 cm³/mol. The van der Waals surface area contributed by atoms with Gasteiger partial charge in [-0.15, -0.1) is 0 Å². The lowest BCUT2D eigenvalue weighted by Crippen LogP contribution is -2.32. The molecule has 0 aromatic heterocycles. The second-order valence-corrected chi connectivity index (χ2v) is 8.99. The lowest BCUT2D eigenvalue weighted by molar-refractivity contribution is -0.123. The number of benzene rings is 2. The molecule has 146 valence electrons. The van der Waals surface area contributed by atoms with Gasteiger partial charge in [0.15, 0.2) is 6.61 Å². The van der Waals surface area contributed by atoms with E-state index in [4.69, 9.17) is 4.74 Å². The Morgan fingerprint density at radius 2 is 1.70 bits per heavy atom. The Morgan fingerprint density at radius 1 is 1.07 bits per heavy atom. The first kappa shape index (κ1) is 21.4. The molecular weight excluding hydrogens is 432 g/mol. The third-order valence-electron chi connectivity index (χ3n) is 3.54. The molecule has 2 rings (SSSR count). The SMILES string of the molecule is CC(C)NS(=O)(=O)Cc1ccccc1CNC(=O)COc1ccc(Br)cc1. The fraction of sp³-hybridized carbons (Fsp3) is 0.316. The van der Waals surface area contributed by atoms with Crippen molar-refractivity contribution in [2.24, 2.45) is 0 Å². The summed E-state index contributed by atoms with van der Waals surface area (Å²) in [6.07, 6.45) is 0. The summed E-state index contributed by atoms with van der Waals surface area (Å²) in [6.45, 7) is 3.66. The van der Waals surface area contributed by atoms with Crippen LogP contribution in [0.5, 0.6) is 5.75 Å². The summed E-state index contributed by atoms with van der Waals surface area (Å²) in [4.78, 5) is 12.0. The van der Waals surface area contributed by atoms with E-state index in [0.717, 1.165) is 10.0 Å². The second-order valence-electron chi connectivity index (χ2n) is 6.32. The van der Waals surface area contributed by atoms with Crippen LogP contribution in [0.4, 0.5) is 0 Å². The summed E-state index contributed by atoms with van der Waals surface area (Å²) >= 11 is 3.33. The zero-order valence-electron chi connectivity index (χ0n) is 15.2. The fourth-order valence-corrected chi connectivity index (χ4v) is 4.16. The van der Waals surface area contributed by atoms with Crippen LogP contribution in [0.25, 0.3) is 0 Å². The molecule has 27 heavy (non-hydrogen) atoms. The summed E-state index contributed by atoms with van der Waals surface area (Å²) in [5.74, 6) is 0.183. The molecule has 0 fully saturated rings. The Labute approximate surface area is 168 Å². The van der Waals surface area contributed by atoms with E-state index < -0.39 is 10.0 Å². The van der Waals surface area contributed by atoms with Crippen molar-refractivity contribution in [3.8, 4) is 5.75 Å². The molecule has 0 radical (unpaired) electrons. The van der Waals surface area contributed by atoms with Crippen molar-refractivity contribution < 1.29 is 17.9 Å². The Balaban J connectivity index is 1.91. The van der Waals surface area contributed by atoms with Crippen LogP contribution in [0.15, 0.2) is 53.0 Å². The van der Waals surface area contributed by atoms with Gasteiger partial charge in [0.05, 0.1) is 5.75 Å². The van der Waals surface area contributed by atoms with E-state index in [1.807, 2.05) is 18.2 Å². The topological polar surface area (TPSA) is 84.5 Å². The van der Waals surface area contributed by atoms with Crippen molar-refractivity contribution in [2.45, 2.75) is 32.2 Å². The van der Waals surface area contributed by atoms with Gasteiger partial charge in [0.1, 0.15) is 5.75 Å². The largest absolute Gasteiger partial charge is 0.484 e. The van der Waals surface area contributed by atoms with Crippen molar-refractivity contribution in [2.75, 3.05) is 6.61 Å². The standard InChI is InChI=1S/C19H23BrN2O4S/c1-14(2)22-27(24,25)13-16-6-4-3-5-15(16)11-21-19(23)12-26-18-9-7-17(20)8-10-18/h3-10,14,22H,11-13H2,1-2H3,(H,21,23). The number of sulfonamides is 1. The van der Waals surface area contributed by atoms with Gasteiger partial charge in [0.2, 0.25) is 10.0 Å². The van der Waals surface area contributed by atoms with Crippen molar-refractivity contribution >= 4 is 31.9 Å². The molecule has 0 spiro atoms. The lowest BCUT2D eigenvalue weighted by Gasteiger charge is -2.13. The Bertz CT molecular complexity index is 868. The molecule has 0 atom stereocenters. The Kier molecular flexibility index (Phi) is 7.82. The summed E-state index contributed by atoms with van der Waals surface area (Å²) in [5.41, 5.74) is 1.41. The first-order valence-corrected chi connectivity index (χ1v) is 10.9. The molecule has 0 aliphatic rings. The Hall–Kier alpha value is -1.90. The minimum Gasteiger partial charge on any atom is -0.484 e. The van der Waals surface area contributed by atoms with E-state index in [1.165, 1.54) is 0 Å². The molecular formula is C19H23BrN2O4S. The van der Waals surface area contributed by atoms with Crippen LogP contribution in [0, 0.1) is 0 Å². The van der Waals surface area contributed by atoms with E-state index in [2.05, 4.69) is 26.0 Å². The number of carbonyl (C=O) groups excluding carboxylic acids is 1.